The highest BCUT2D eigenvalue weighted by Crippen LogP contribution is 2.44. The van der Waals surface area contributed by atoms with Crippen LogP contribution in [-0.4, -0.2) is 59.8 Å². The molecular weight excluding hydrogens is 485 g/mol. The van der Waals surface area contributed by atoms with E-state index in [2.05, 4.69) is 15.6 Å². The molecule has 0 radical (unpaired) electrons. The van der Waals surface area contributed by atoms with Crippen molar-refractivity contribution < 1.29 is 27.9 Å². The number of anilines is 3. The van der Waals surface area contributed by atoms with Crippen molar-refractivity contribution in [2.75, 3.05) is 36.7 Å². The lowest BCUT2D eigenvalue weighted by Gasteiger charge is -2.46. The average molecular weight is 509 g/mol. The number of benzene rings is 2. The highest BCUT2D eigenvalue weighted by atomic mass is 32.1. The second-order valence-electron chi connectivity index (χ2n) is 8.46. The molecule has 0 bridgehead atoms. The zero-order valence-corrected chi connectivity index (χ0v) is 19.8. The number of rotatable bonds is 7. The van der Waals surface area contributed by atoms with Gasteiger partial charge in [0.25, 0.3) is 0 Å². The van der Waals surface area contributed by atoms with Crippen LogP contribution in [-0.2, 0) is 11.0 Å². The van der Waals surface area contributed by atoms with Gasteiger partial charge in [0.15, 0.2) is 5.13 Å². The number of carboxylic acid groups (broad SMARTS) is 1. The number of alkyl halides is 3. The van der Waals surface area contributed by atoms with Gasteiger partial charge in [0.05, 0.1) is 38.8 Å². The van der Waals surface area contributed by atoms with Crippen molar-refractivity contribution in [3.8, 4) is 0 Å². The molecule has 35 heavy (non-hydrogen) atoms. The van der Waals surface area contributed by atoms with Crippen molar-refractivity contribution in [2.45, 2.75) is 24.4 Å². The maximum Gasteiger partial charge on any atom is 0.416 e. The SMILES string of the molecule is CN(C)C(CC(N)=O)C1(Nc2nc3ccc(C(F)(F)F)cc3s2)Nc2cc(C(=O)O)ccc2N1C. The summed E-state index contributed by atoms with van der Waals surface area (Å²) in [5, 5.41) is 16.3. The number of nitrogens with one attached hydrogen (secondary N) is 2. The minimum Gasteiger partial charge on any atom is -0.478 e. The van der Waals surface area contributed by atoms with Crippen LogP contribution in [0.4, 0.5) is 29.7 Å². The Kier molecular flexibility index (Phi) is 6.01. The van der Waals surface area contributed by atoms with Crippen LogP contribution in [0.2, 0.25) is 0 Å². The smallest absolute Gasteiger partial charge is 0.416 e. The molecule has 4 rings (SSSR count). The van der Waals surface area contributed by atoms with Crippen molar-refractivity contribution in [1.29, 1.82) is 0 Å². The monoisotopic (exact) mass is 508 g/mol. The molecule has 0 saturated carbocycles. The number of primary amides is 1. The highest BCUT2D eigenvalue weighted by molar-refractivity contribution is 7.22. The first-order valence-electron chi connectivity index (χ1n) is 10.4. The number of aromatic carboxylic acids is 1. The van der Waals surface area contributed by atoms with E-state index < -0.39 is 35.4 Å². The van der Waals surface area contributed by atoms with E-state index >= 15 is 0 Å². The fraction of sp³-hybridized carbons (Fsp3) is 0.318. The number of hydrogen-bond donors (Lipinski definition) is 4. The first kappa shape index (κ1) is 24.5. The summed E-state index contributed by atoms with van der Waals surface area (Å²) in [6, 6.07) is 7.30. The summed E-state index contributed by atoms with van der Waals surface area (Å²) < 4.78 is 39.9. The number of fused-ring (bicyclic) bond motifs is 2. The highest BCUT2D eigenvalue weighted by Gasteiger charge is 2.50. The third-order valence-electron chi connectivity index (χ3n) is 5.97. The predicted octanol–water partition coefficient (Wildman–Crippen LogP) is 3.45. The maximum absolute atomic E-state index is 13.2. The Morgan fingerprint density at radius 3 is 2.60 bits per heavy atom. The fourth-order valence-electron chi connectivity index (χ4n) is 4.26. The summed E-state index contributed by atoms with van der Waals surface area (Å²) in [7, 11) is 5.26. The number of nitrogens with two attached hydrogens (primary N) is 1. The van der Waals surface area contributed by atoms with Gasteiger partial charge in [-0.15, -0.1) is 0 Å². The number of likely N-dealkylation sites (N-methyl/N-ethyl adjacent to an activating group) is 2. The van der Waals surface area contributed by atoms with Gasteiger partial charge in [-0.05, 0) is 50.5 Å². The molecule has 13 heteroatoms. The van der Waals surface area contributed by atoms with Crippen LogP contribution in [0.3, 0.4) is 0 Å². The summed E-state index contributed by atoms with van der Waals surface area (Å²) in [5.74, 6) is -2.91. The van der Waals surface area contributed by atoms with Gasteiger partial charge in [-0.2, -0.15) is 13.2 Å². The molecule has 0 aliphatic carbocycles. The van der Waals surface area contributed by atoms with E-state index in [1.54, 1.807) is 37.0 Å². The van der Waals surface area contributed by atoms with Gasteiger partial charge >= 0.3 is 12.1 Å². The maximum atomic E-state index is 13.2. The third-order valence-corrected chi connectivity index (χ3v) is 6.91. The van der Waals surface area contributed by atoms with Crippen LogP contribution < -0.4 is 21.3 Å². The van der Waals surface area contributed by atoms with E-state index in [9.17, 15) is 27.9 Å². The number of carbonyl (C=O) groups is 2. The number of amides is 1. The van der Waals surface area contributed by atoms with Crippen LogP contribution >= 0.6 is 11.3 Å². The van der Waals surface area contributed by atoms with Crippen molar-refractivity contribution in [3.63, 3.8) is 0 Å². The molecule has 2 aromatic carbocycles. The van der Waals surface area contributed by atoms with E-state index in [0.29, 0.717) is 26.7 Å². The molecule has 1 aliphatic rings. The molecule has 1 aromatic heterocycles. The normalized spacial score (nSPS) is 18.4. The Bertz CT molecular complexity index is 1310. The molecular formula is C22H23F3N6O3S. The summed E-state index contributed by atoms with van der Waals surface area (Å²) in [5.41, 5.74) is 6.36. The second-order valence-corrected chi connectivity index (χ2v) is 9.49. The van der Waals surface area contributed by atoms with E-state index in [1.165, 1.54) is 18.2 Å². The quantitative estimate of drug-likeness (QED) is 0.383. The van der Waals surface area contributed by atoms with E-state index in [1.807, 2.05) is 0 Å². The van der Waals surface area contributed by atoms with Gasteiger partial charge in [-0.3, -0.25) is 4.79 Å². The van der Waals surface area contributed by atoms with Crippen LogP contribution in [0.1, 0.15) is 22.3 Å². The lowest BCUT2D eigenvalue weighted by atomic mass is 10.0. The largest absolute Gasteiger partial charge is 0.478 e. The van der Waals surface area contributed by atoms with Gasteiger partial charge in [0.2, 0.25) is 11.7 Å². The Balaban J connectivity index is 1.81. The number of thiazole rings is 1. The summed E-state index contributed by atoms with van der Waals surface area (Å²) in [6.07, 6.45) is -4.57. The van der Waals surface area contributed by atoms with Crippen LogP contribution in [0.5, 0.6) is 0 Å². The predicted molar refractivity (Wildman–Crippen MR) is 128 cm³/mol. The standard InChI is InChI=1S/C22H23F3N6O3S/c1-30(2)17(10-18(26)32)22(28-14-8-11(19(33)34)4-7-15(14)31(22)3)29-20-27-13-6-5-12(21(23,24)25)9-16(13)35-20/h4-9,17,28H,10H2,1-3H3,(H2,26,32)(H,27,29)(H,33,34). The molecule has 186 valence electrons. The van der Waals surface area contributed by atoms with E-state index in [0.717, 1.165) is 23.5 Å². The lowest BCUT2D eigenvalue weighted by molar-refractivity contribution is -0.137. The molecule has 3 aromatic rings. The van der Waals surface area contributed by atoms with Gasteiger partial charge in [0.1, 0.15) is 0 Å². The number of aromatic nitrogens is 1. The van der Waals surface area contributed by atoms with Gasteiger partial charge in [-0.25, -0.2) is 9.78 Å². The van der Waals surface area contributed by atoms with Gasteiger partial charge in [0, 0.05) is 13.5 Å². The number of nitrogens with zero attached hydrogens (tertiary/aromatic N) is 3. The Morgan fingerprint density at radius 2 is 2.00 bits per heavy atom. The van der Waals surface area contributed by atoms with Crippen molar-refractivity contribution in [3.05, 3.63) is 47.5 Å². The second kappa shape index (κ2) is 8.57. The molecule has 5 N–H and O–H groups in total. The number of hydrogen-bond acceptors (Lipinski definition) is 8. The topological polar surface area (TPSA) is 124 Å². The Hall–Kier alpha value is -3.58. The summed E-state index contributed by atoms with van der Waals surface area (Å²) in [6.45, 7) is 0. The van der Waals surface area contributed by atoms with Crippen LogP contribution in [0.25, 0.3) is 10.2 Å². The van der Waals surface area contributed by atoms with Gasteiger partial charge in [-0.1, -0.05) is 11.3 Å². The minimum atomic E-state index is -4.48. The molecule has 9 nitrogen and oxygen atoms in total. The summed E-state index contributed by atoms with van der Waals surface area (Å²) >= 11 is 1.03. The average Bonchev–Trinajstić information content (AvgIpc) is 3.28. The molecule has 0 fully saturated rings. The Morgan fingerprint density at radius 1 is 1.29 bits per heavy atom. The fourth-order valence-corrected chi connectivity index (χ4v) is 5.22. The van der Waals surface area contributed by atoms with E-state index in [4.69, 9.17) is 5.73 Å². The van der Waals surface area contributed by atoms with Crippen molar-refractivity contribution >= 4 is 49.9 Å². The molecule has 0 spiro atoms. The van der Waals surface area contributed by atoms with Gasteiger partial charge < -0.3 is 31.3 Å². The zero-order chi connectivity index (χ0) is 25.7. The number of carbonyl (C=O) groups excluding carboxylic acids is 1. The molecule has 2 unspecified atom stereocenters. The molecule has 2 atom stereocenters. The number of carboxylic acids is 1. The van der Waals surface area contributed by atoms with Crippen LogP contribution in [0.15, 0.2) is 36.4 Å². The first-order chi connectivity index (χ1) is 16.3. The van der Waals surface area contributed by atoms with Crippen LogP contribution in [0, 0.1) is 0 Å². The summed E-state index contributed by atoms with van der Waals surface area (Å²) in [4.78, 5) is 31.5. The lowest BCUT2D eigenvalue weighted by Crippen LogP contribution is -2.67. The third kappa shape index (κ3) is 4.44. The van der Waals surface area contributed by atoms with Crippen molar-refractivity contribution in [2.24, 2.45) is 5.73 Å². The molecule has 0 saturated heterocycles. The number of halogens is 3. The zero-order valence-electron chi connectivity index (χ0n) is 19.0. The van der Waals surface area contributed by atoms with Crippen molar-refractivity contribution in [1.82, 2.24) is 9.88 Å². The Labute approximate surface area is 202 Å². The van der Waals surface area contributed by atoms with E-state index in [-0.39, 0.29) is 12.0 Å². The molecule has 2 heterocycles. The molecule has 1 aliphatic heterocycles. The minimum absolute atomic E-state index is 0.0661. The first-order valence-corrected chi connectivity index (χ1v) is 11.2. The molecule has 1 amide bonds.